The van der Waals surface area contributed by atoms with E-state index in [-0.39, 0.29) is 30.3 Å². The van der Waals surface area contributed by atoms with E-state index in [1.165, 1.54) is 6.92 Å². The van der Waals surface area contributed by atoms with E-state index in [0.717, 1.165) is 36.0 Å². The Labute approximate surface area is 219 Å². The predicted octanol–water partition coefficient (Wildman–Crippen LogP) is 4.76. The van der Waals surface area contributed by atoms with Gasteiger partial charge in [0.1, 0.15) is 5.54 Å². The summed E-state index contributed by atoms with van der Waals surface area (Å²) in [4.78, 5) is 41.3. The summed E-state index contributed by atoms with van der Waals surface area (Å²) < 4.78 is 0. The van der Waals surface area contributed by atoms with Crippen molar-refractivity contribution < 1.29 is 14.4 Å². The van der Waals surface area contributed by atoms with Crippen LogP contribution in [0.3, 0.4) is 0 Å². The molecule has 0 atom stereocenters. The van der Waals surface area contributed by atoms with Gasteiger partial charge in [-0.1, -0.05) is 110 Å². The molecule has 37 heavy (non-hydrogen) atoms. The Bertz CT molecular complexity index is 1140. The van der Waals surface area contributed by atoms with Gasteiger partial charge >= 0.3 is 0 Å². The quantitative estimate of drug-likeness (QED) is 0.447. The maximum absolute atomic E-state index is 14.4. The molecule has 0 spiro atoms. The number of hydrogen-bond acceptors (Lipinski definition) is 3. The Morgan fingerprint density at radius 2 is 1.30 bits per heavy atom. The maximum Gasteiger partial charge on any atom is 0.246 e. The zero-order valence-corrected chi connectivity index (χ0v) is 21.4. The summed E-state index contributed by atoms with van der Waals surface area (Å²) in [6.45, 7) is 1.55. The molecule has 0 saturated heterocycles. The molecular formula is C31H35N3O3. The number of benzene rings is 3. The van der Waals surface area contributed by atoms with Crippen molar-refractivity contribution >= 4 is 17.7 Å². The van der Waals surface area contributed by atoms with E-state index in [0.29, 0.717) is 19.4 Å². The molecule has 1 saturated carbocycles. The van der Waals surface area contributed by atoms with Crippen molar-refractivity contribution in [3.8, 4) is 0 Å². The van der Waals surface area contributed by atoms with Gasteiger partial charge in [-0.25, -0.2) is 0 Å². The Morgan fingerprint density at radius 3 is 1.81 bits per heavy atom. The molecule has 1 aliphatic carbocycles. The van der Waals surface area contributed by atoms with Crippen LogP contribution in [-0.4, -0.2) is 34.7 Å². The minimum absolute atomic E-state index is 0.141. The third-order valence-electron chi connectivity index (χ3n) is 7.13. The second-order valence-electron chi connectivity index (χ2n) is 9.70. The number of carbonyl (C=O) groups excluding carboxylic acids is 3. The van der Waals surface area contributed by atoms with Crippen LogP contribution < -0.4 is 10.6 Å². The van der Waals surface area contributed by atoms with Crippen LogP contribution in [-0.2, 0) is 20.9 Å². The summed E-state index contributed by atoms with van der Waals surface area (Å²) in [6.07, 6.45) is 3.89. The number of hydrogen-bond donors (Lipinski definition) is 2. The van der Waals surface area contributed by atoms with Crippen molar-refractivity contribution in [2.45, 2.75) is 57.2 Å². The van der Waals surface area contributed by atoms with Gasteiger partial charge in [-0.15, -0.1) is 0 Å². The fraction of sp³-hybridized carbons (Fsp3) is 0.323. The van der Waals surface area contributed by atoms with E-state index in [2.05, 4.69) is 10.6 Å². The van der Waals surface area contributed by atoms with Crippen LogP contribution in [0.1, 0.15) is 61.8 Å². The first-order valence-corrected chi connectivity index (χ1v) is 13.0. The highest BCUT2D eigenvalue weighted by atomic mass is 16.2. The van der Waals surface area contributed by atoms with Crippen LogP contribution in [0.25, 0.3) is 0 Å². The molecule has 1 aliphatic rings. The van der Waals surface area contributed by atoms with Crippen LogP contribution in [0, 0.1) is 0 Å². The highest BCUT2D eigenvalue weighted by molar-refractivity contribution is 5.93. The zero-order valence-electron chi connectivity index (χ0n) is 21.4. The predicted molar refractivity (Wildman–Crippen MR) is 144 cm³/mol. The van der Waals surface area contributed by atoms with Gasteiger partial charge < -0.3 is 15.5 Å². The number of nitrogens with zero attached hydrogens (tertiary/aromatic N) is 1. The number of rotatable bonds is 9. The van der Waals surface area contributed by atoms with Gasteiger partial charge in [0, 0.05) is 13.5 Å². The topological polar surface area (TPSA) is 78.5 Å². The normalized spacial score (nSPS) is 14.5. The van der Waals surface area contributed by atoms with Crippen molar-refractivity contribution in [1.82, 2.24) is 15.5 Å². The van der Waals surface area contributed by atoms with Gasteiger partial charge in [-0.05, 0) is 29.5 Å². The second-order valence-corrected chi connectivity index (χ2v) is 9.70. The van der Waals surface area contributed by atoms with Crippen LogP contribution in [0.4, 0.5) is 0 Å². The largest absolute Gasteiger partial charge is 0.347 e. The summed E-state index contributed by atoms with van der Waals surface area (Å²) >= 11 is 0. The summed E-state index contributed by atoms with van der Waals surface area (Å²) in [7, 11) is 0. The van der Waals surface area contributed by atoms with Crippen LogP contribution in [0.2, 0.25) is 0 Å². The Kier molecular flexibility index (Phi) is 8.72. The monoisotopic (exact) mass is 497 g/mol. The van der Waals surface area contributed by atoms with Gasteiger partial charge in [0.25, 0.3) is 0 Å². The third-order valence-corrected chi connectivity index (χ3v) is 7.13. The van der Waals surface area contributed by atoms with Crippen molar-refractivity contribution in [3.63, 3.8) is 0 Å². The Hall–Kier alpha value is -3.93. The summed E-state index contributed by atoms with van der Waals surface area (Å²) in [5.41, 5.74) is 1.89. The molecule has 0 bridgehead atoms. The molecule has 3 aromatic rings. The van der Waals surface area contributed by atoms with Crippen LogP contribution in [0.5, 0.6) is 0 Å². The van der Waals surface area contributed by atoms with Gasteiger partial charge in [0.15, 0.2) is 0 Å². The number of nitrogens with one attached hydrogen (secondary N) is 2. The fourth-order valence-corrected chi connectivity index (χ4v) is 5.21. The van der Waals surface area contributed by atoms with Gasteiger partial charge in [0.2, 0.25) is 17.7 Å². The summed E-state index contributed by atoms with van der Waals surface area (Å²) in [5.74, 6) is -0.688. The molecule has 4 rings (SSSR count). The SMILES string of the molecule is CC(=O)NCC(=O)N(Cc1ccccc1)C1(C(=O)NC(c2ccccc2)c2ccccc2)CCCCC1. The van der Waals surface area contributed by atoms with Crippen LogP contribution in [0.15, 0.2) is 91.0 Å². The highest BCUT2D eigenvalue weighted by Crippen LogP contribution is 2.36. The first-order chi connectivity index (χ1) is 18.0. The lowest BCUT2D eigenvalue weighted by Crippen LogP contribution is -2.62. The molecule has 3 aromatic carbocycles. The molecule has 0 aromatic heterocycles. The molecule has 0 unspecified atom stereocenters. The molecule has 2 N–H and O–H groups in total. The lowest BCUT2D eigenvalue weighted by molar-refractivity contribution is -0.151. The molecule has 0 radical (unpaired) electrons. The molecule has 0 aliphatic heterocycles. The molecule has 6 nitrogen and oxygen atoms in total. The van der Waals surface area contributed by atoms with Gasteiger partial charge in [-0.2, -0.15) is 0 Å². The molecule has 6 heteroatoms. The van der Waals surface area contributed by atoms with Crippen molar-refractivity contribution in [1.29, 1.82) is 0 Å². The Balaban J connectivity index is 1.71. The van der Waals surface area contributed by atoms with Gasteiger partial charge in [-0.3, -0.25) is 14.4 Å². The van der Waals surface area contributed by atoms with Crippen molar-refractivity contribution in [2.75, 3.05) is 6.54 Å². The van der Waals surface area contributed by atoms with E-state index in [1.807, 2.05) is 91.0 Å². The lowest BCUT2D eigenvalue weighted by atomic mass is 9.78. The van der Waals surface area contributed by atoms with Gasteiger partial charge in [0.05, 0.1) is 12.6 Å². The summed E-state index contributed by atoms with van der Waals surface area (Å²) in [5, 5.41) is 5.96. The minimum Gasteiger partial charge on any atom is -0.347 e. The second kappa shape index (κ2) is 12.3. The average Bonchev–Trinajstić information content (AvgIpc) is 2.95. The first kappa shape index (κ1) is 26.1. The smallest absolute Gasteiger partial charge is 0.246 e. The fourth-order valence-electron chi connectivity index (χ4n) is 5.21. The van der Waals surface area contributed by atoms with E-state index in [4.69, 9.17) is 0 Å². The standard InChI is InChI=1S/C31H35N3O3/c1-24(35)32-22-28(36)34(23-25-14-6-2-7-15-25)31(20-12-5-13-21-31)30(37)33-29(26-16-8-3-9-17-26)27-18-10-4-11-19-27/h2-4,6-11,14-19,29H,5,12-13,20-23H2,1H3,(H,32,35)(H,33,37). The molecular weight excluding hydrogens is 462 g/mol. The van der Waals surface area contributed by atoms with E-state index < -0.39 is 5.54 Å². The average molecular weight is 498 g/mol. The van der Waals surface area contributed by atoms with E-state index in [9.17, 15) is 14.4 Å². The lowest BCUT2D eigenvalue weighted by Gasteiger charge is -2.46. The third kappa shape index (κ3) is 6.45. The molecule has 192 valence electrons. The van der Waals surface area contributed by atoms with Crippen LogP contribution >= 0.6 is 0 Å². The first-order valence-electron chi connectivity index (χ1n) is 13.0. The van der Waals surface area contributed by atoms with E-state index >= 15 is 0 Å². The van der Waals surface area contributed by atoms with Crippen molar-refractivity contribution in [2.24, 2.45) is 0 Å². The molecule has 0 heterocycles. The number of amides is 3. The van der Waals surface area contributed by atoms with E-state index in [1.54, 1.807) is 4.90 Å². The zero-order chi connectivity index (χ0) is 26.1. The molecule has 3 amide bonds. The highest BCUT2D eigenvalue weighted by Gasteiger charge is 2.47. The maximum atomic E-state index is 14.4. The minimum atomic E-state index is -1.01. The summed E-state index contributed by atoms with van der Waals surface area (Å²) in [6, 6.07) is 29.2. The number of carbonyl (C=O) groups is 3. The Morgan fingerprint density at radius 1 is 0.784 bits per heavy atom. The molecule has 1 fully saturated rings. The van der Waals surface area contributed by atoms with Crippen molar-refractivity contribution in [3.05, 3.63) is 108 Å².